The molecule has 1 aromatic heterocycles. The Kier molecular flexibility index (Phi) is 4.65. The summed E-state index contributed by atoms with van der Waals surface area (Å²) in [5.74, 6) is -0.118. The number of hydrogen-bond donors (Lipinski definition) is 2. The molecular weight excluding hydrogens is 272 g/mol. The molecule has 0 aliphatic carbocycles. The number of nitro groups is 1. The van der Waals surface area contributed by atoms with Crippen LogP contribution in [0.2, 0.25) is 0 Å². The number of rotatable bonds is 6. The fourth-order valence-electron chi connectivity index (χ4n) is 1.96. The van der Waals surface area contributed by atoms with Crippen molar-refractivity contribution in [2.24, 2.45) is 0 Å². The molecule has 0 spiro atoms. The second-order valence-corrected chi connectivity index (χ2v) is 4.49. The number of carbonyl (C=O) groups is 1. The van der Waals surface area contributed by atoms with Gasteiger partial charge in [-0.15, -0.1) is 0 Å². The summed E-state index contributed by atoms with van der Waals surface area (Å²) in [7, 11) is 0. The minimum atomic E-state index is -0.465. The fraction of sp³-hybridized carbons (Fsp3) is 0.286. The maximum Gasteiger partial charge on any atom is 0.295 e. The van der Waals surface area contributed by atoms with Crippen molar-refractivity contribution in [3.8, 4) is 0 Å². The Morgan fingerprint density at radius 1 is 1.38 bits per heavy atom. The number of fused-ring (bicyclic) bond motifs is 1. The van der Waals surface area contributed by atoms with Crippen molar-refractivity contribution >= 4 is 28.2 Å². The Bertz CT molecular complexity index is 672. The van der Waals surface area contributed by atoms with Crippen LogP contribution in [0.15, 0.2) is 30.5 Å². The van der Waals surface area contributed by atoms with Crippen LogP contribution in [0.1, 0.15) is 13.3 Å². The molecule has 1 aromatic carbocycles. The van der Waals surface area contributed by atoms with Gasteiger partial charge in [0, 0.05) is 29.9 Å². The van der Waals surface area contributed by atoms with Gasteiger partial charge in [0.05, 0.1) is 11.5 Å². The smallest absolute Gasteiger partial charge is 0.295 e. The summed E-state index contributed by atoms with van der Waals surface area (Å²) in [4.78, 5) is 26.2. The highest BCUT2D eigenvalue weighted by Crippen LogP contribution is 2.28. The number of carbonyl (C=O) groups excluding carboxylic acids is 1. The number of pyridine rings is 1. The maximum absolute atomic E-state index is 11.6. The number of benzene rings is 1. The summed E-state index contributed by atoms with van der Waals surface area (Å²) in [6.07, 6.45) is 2.36. The number of nitro benzene ring substituents is 1. The van der Waals surface area contributed by atoms with Crippen LogP contribution in [0.4, 0.5) is 11.4 Å². The second kappa shape index (κ2) is 6.65. The van der Waals surface area contributed by atoms with E-state index in [-0.39, 0.29) is 18.1 Å². The zero-order valence-electron chi connectivity index (χ0n) is 11.6. The molecule has 0 saturated heterocycles. The molecule has 110 valence electrons. The van der Waals surface area contributed by atoms with Crippen molar-refractivity contribution < 1.29 is 9.72 Å². The highest BCUT2D eigenvalue weighted by molar-refractivity contribution is 5.97. The minimum Gasteiger partial charge on any atom is -0.376 e. The average Bonchev–Trinajstić information content (AvgIpc) is 2.50. The molecule has 0 fully saturated rings. The van der Waals surface area contributed by atoms with Crippen molar-refractivity contribution in [1.29, 1.82) is 0 Å². The van der Waals surface area contributed by atoms with Crippen LogP contribution >= 0.6 is 0 Å². The van der Waals surface area contributed by atoms with Crippen molar-refractivity contribution in [3.05, 3.63) is 40.6 Å². The summed E-state index contributed by atoms with van der Waals surface area (Å²) in [6, 6.07) is 6.44. The zero-order valence-corrected chi connectivity index (χ0v) is 11.6. The van der Waals surface area contributed by atoms with Gasteiger partial charge in [-0.2, -0.15) is 0 Å². The molecule has 2 rings (SSSR count). The van der Waals surface area contributed by atoms with E-state index in [1.807, 2.05) is 6.92 Å². The van der Waals surface area contributed by atoms with Crippen molar-refractivity contribution in [2.45, 2.75) is 13.3 Å². The van der Waals surface area contributed by atoms with Crippen molar-refractivity contribution in [1.82, 2.24) is 10.3 Å². The molecule has 7 heteroatoms. The maximum atomic E-state index is 11.6. The second-order valence-electron chi connectivity index (χ2n) is 4.49. The van der Waals surface area contributed by atoms with E-state index in [9.17, 15) is 14.9 Å². The Morgan fingerprint density at radius 3 is 2.90 bits per heavy atom. The third-order valence-electron chi connectivity index (χ3n) is 2.96. The molecule has 0 bridgehead atoms. The number of para-hydroxylation sites is 1. The number of aromatic nitrogens is 1. The predicted octanol–water partition coefficient (Wildman–Crippen LogP) is 2.08. The molecule has 0 saturated carbocycles. The normalized spacial score (nSPS) is 10.3. The van der Waals surface area contributed by atoms with Gasteiger partial charge >= 0.3 is 0 Å². The standard InChI is InChI=1S/C14H16N4O3/c1-2-7-15-13(19)9-17-11-6-8-16-14-10(11)4-3-5-12(14)18(20)21/h3-6,8H,2,7,9H2,1H3,(H,15,19)(H,16,17). The lowest BCUT2D eigenvalue weighted by Gasteiger charge is -2.09. The van der Waals surface area contributed by atoms with Gasteiger partial charge in [-0.3, -0.25) is 14.9 Å². The van der Waals surface area contributed by atoms with Gasteiger partial charge in [0.1, 0.15) is 5.52 Å². The number of hydrogen-bond acceptors (Lipinski definition) is 5. The van der Waals surface area contributed by atoms with E-state index in [0.29, 0.717) is 23.1 Å². The topological polar surface area (TPSA) is 97.2 Å². The molecule has 0 aliphatic rings. The summed E-state index contributed by atoms with van der Waals surface area (Å²) in [5, 5.41) is 17.4. The van der Waals surface area contributed by atoms with Crippen LogP contribution in [0.5, 0.6) is 0 Å². The summed E-state index contributed by atoms with van der Waals surface area (Å²) >= 11 is 0. The number of anilines is 1. The van der Waals surface area contributed by atoms with E-state index in [1.165, 1.54) is 12.3 Å². The Morgan fingerprint density at radius 2 is 2.19 bits per heavy atom. The van der Waals surface area contributed by atoms with Crippen LogP contribution in [-0.2, 0) is 4.79 Å². The zero-order chi connectivity index (χ0) is 15.2. The molecule has 0 radical (unpaired) electrons. The Balaban J connectivity index is 2.23. The quantitative estimate of drug-likeness (QED) is 0.626. The van der Waals surface area contributed by atoms with E-state index < -0.39 is 4.92 Å². The van der Waals surface area contributed by atoms with Gasteiger partial charge in [0.2, 0.25) is 5.91 Å². The molecule has 2 N–H and O–H groups in total. The number of non-ortho nitro benzene ring substituents is 1. The van der Waals surface area contributed by atoms with Gasteiger partial charge in [0.15, 0.2) is 0 Å². The molecule has 0 atom stereocenters. The van der Waals surface area contributed by atoms with Gasteiger partial charge in [-0.1, -0.05) is 19.1 Å². The molecule has 1 heterocycles. The largest absolute Gasteiger partial charge is 0.376 e. The minimum absolute atomic E-state index is 0.0495. The lowest BCUT2D eigenvalue weighted by Crippen LogP contribution is -2.30. The van der Waals surface area contributed by atoms with E-state index >= 15 is 0 Å². The number of nitrogens with zero attached hydrogens (tertiary/aromatic N) is 2. The van der Waals surface area contributed by atoms with Crippen LogP contribution in [0.25, 0.3) is 10.9 Å². The molecular formula is C14H16N4O3. The average molecular weight is 288 g/mol. The molecule has 0 aliphatic heterocycles. The number of nitrogens with one attached hydrogen (secondary N) is 2. The van der Waals surface area contributed by atoms with E-state index in [4.69, 9.17) is 0 Å². The summed E-state index contributed by atoms with van der Waals surface area (Å²) < 4.78 is 0. The van der Waals surface area contributed by atoms with Crippen LogP contribution < -0.4 is 10.6 Å². The first-order valence-corrected chi connectivity index (χ1v) is 6.66. The highest BCUT2D eigenvalue weighted by atomic mass is 16.6. The molecule has 7 nitrogen and oxygen atoms in total. The van der Waals surface area contributed by atoms with Gasteiger partial charge in [-0.05, 0) is 12.5 Å². The lowest BCUT2D eigenvalue weighted by atomic mass is 10.1. The van der Waals surface area contributed by atoms with Gasteiger partial charge in [-0.25, -0.2) is 4.98 Å². The molecule has 0 unspecified atom stereocenters. The Labute approximate surface area is 121 Å². The van der Waals surface area contributed by atoms with E-state index in [1.54, 1.807) is 18.2 Å². The summed E-state index contributed by atoms with van der Waals surface area (Å²) in [5.41, 5.74) is 0.906. The van der Waals surface area contributed by atoms with Gasteiger partial charge in [0.25, 0.3) is 5.69 Å². The molecule has 21 heavy (non-hydrogen) atoms. The monoisotopic (exact) mass is 288 g/mol. The van der Waals surface area contributed by atoms with Crippen LogP contribution in [0.3, 0.4) is 0 Å². The van der Waals surface area contributed by atoms with Crippen molar-refractivity contribution in [3.63, 3.8) is 0 Å². The third kappa shape index (κ3) is 3.44. The van der Waals surface area contributed by atoms with Crippen molar-refractivity contribution in [2.75, 3.05) is 18.4 Å². The summed E-state index contributed by atoms with van der Waals surface area (Å²) in [6.45, 7) is 2.72. The molecule has 2 aromatic rings. The first kappa shape index (κ1) is 14.7. The molecule has 1 amide bonds. The fourth-order valence-corrected chi connectivity index (χ4v) is 1.96. The first-order chi connectivity index (χ1) is 10.1. The lowest BCUT2D eigenvalue weighted by molar-refractivity contribution is -0.383. The van der Waals surface area contributed by atoms with Crippen LogP contribution in [-0.4, -0.2) is 28.9 Å². The first-order valence-electron chi connectivity index (χ1n) is 6.66. The van der Waals surface area contributed by atoms with E-state index in [2.05, 4.69) is 15.6 Å². The highest BCUT2D eigenvalue weighted by Gasteiger charge is 2.14. The van der Waals surface area contributed by atoms with Gasteiger partial charge < -0.3 is 10.6 Å². The number of amides is 1. The predicted molar refractivity (Wildman–Crippen MR) is 80.2 cm³/mol. The third-order valence-corrected chi connectivity index (χ3v) is 2.96. The SMILES string of the molecule is CCCNC(=O)CNc1ccnc2c([N+](=O)[O-])cccc12. The van der Waals surface area contributed by atoms with E-state index in [0.717, 1.165) is 6.42 Å². The Hall–Kier alpha value is -2.70. The van der Waals surface area contributed by atoms with Crippen LogP contribution in [0, 0.1) is 10.1 Å².